The van der Waals surface area contributed by atoms with E-state index >= 15 is 0 Å². The van der Waals surface area contributed by atoms with E-state index in [-0.39, 0.29) is 22.4 Å². The second kappa shape index (κ2) is 9.96. The zero-order chi connectivity index (χ0) is 26.9. The number of carbonyl (C=O) groups is 2. The molecule has 0 saturated carbocycles. The smallest absolute Gasteiger partial charge is 0.322 e. The molecule has 0 bridgehead atoms. The topological polar surface area (TPSA) is 58.2 Å². The van der Waals surface area contributed by atoms with Gasteiger partial charge < -0.3 is 10.6 Å². The number of carbonyl (C=O) groups excluding carboxylic acids is 2. The zero-order valence-corrected chi connectivity index (χ0v) is 20.4. The highest BCUT2D eigenvalue weighted by atomic mass is 79.9. The van der Waals surface area contributed by atoms with Crippen LogP contribution in [0, 0.1) is 13.8 Å². The first-order chi connectivity index (χ1) is 16.6. The molecular formula is C25H19BrF6N2O2. The Morgan fingerprint density at radius 1 is 0.722 bits per heavy atom. The van der Waals surface area contributed by atoms with Gasteiger partial charge in [0.1, 0.15) is 0 Å². The molecule has 190 valence electrons. The summed E-state index contributed by atoms with van der Waals surface area (Å²) in [6.07, 6.45) is -5.92. The molecule has 0 heterocycles. The van der Waals surface area contributed by atoms with Crippen molar-refractivity contribution in [3.8, 4) is 0 Å². The molecule has 0 radical (unpaired) electrons. The standard InChI is InChI=1S/C25H19BrF6N2O2/c1-14-11-18(23(27,24(26,28)29)25(30,31)32)12-15(2)20(14)34-22(36)17-9-6-10-19(13-17)33-21(35)16-7-4-3-5-8-16/h3-13H,1-2H3,(H,33,35)(H,34,36). The Kier molecular flexibility index (Phi) is 7.54. The summed E-state index contributed by atoms with van der Waals surface area (Å²) in [5.41, 5.74) is -5.58. The Morgan fingerprint density at radius 2 is 1.25 bits per heavy atom. The maximum absolute atomic E-state index is 14.8. The number of hydrogen-bond acceptors (Lipinski definition) is 2. The van der Waals surface area contributed by atoms with E-state index in [0.29, 0.717) is 23.4 Å². The van der Waals surface area contributed by atoms with E-state index in [2.05, 4.69) is 10.6 Å². The molecule has 2 N–H and O–H groups in total. The zero-order valence-electron chi connectivity index (χ0n) is 18.8. The third-order valence-corrected chi connectivity index (χ3v) is 5.92. The number of anilines is 2. The Bertz CT molecular complexity index is 1250. The van der Waals surface area contributed by atoms with Crippen molar-refractivity contribution in [1.29, 1.82) is 0 Å². The molecule has 4 nitrogen and oxygen atoms in total. The van der Waals surface area contributed by atoms with Crippen LogP contribution in [0.15, 0.2) is 66.7 Å². The number of aryl methyl sites for hydroxylation is 2. The van der Waals surface area contributed by atoms with E-state index in [1.165, 1.54) is 48.0 Å². The van der Waals surface area contributed by atoms with Crippen molar-refractivity contribution in [3.63, 3.8) is 0 Å². The van der Waals surface area contributed by atoms with Crippen LogP contribution < -0.4 is 10.6 Å². The molecule has 3 rings (SSSR count). The van der Waals surface area contributed by atoms with Crippen LogP contribution in [0.5, 0.6) is 0 Å². The number of rotatable bonds is 6. The van der Waals surface area contributed by atoms with E-state index in [1.807, 2.05) is 0 Å². The fourth-order valence-corrected chi connectivity index (χ4v) is 4.02. The molecule has 3 aromatic carbocycles. The number of hydrogen-bond donors (Lipinski definition) is 2. The fourth-order valence-electron chi connectivity index (χ4n) is 3.56. The van der Waals surface area contributed by atoms with Gasteiger partial charge in [-0.15, -0.1) is 0 Å². The molecule has 0 aliphatic heterocycles. The predicted octanol–water partition coefficient (Wildman–Crippen LogP) is 7.52. The summed E-state index contributed by atoms with van der Waals surface area (Å²) in [4.78, 5) is 20.2. The number of benzene rings is 3. The normalized spacial score (nSPS) is 13.6. The van der Waals surface area contributed by atoms with Crippen LogP contribution in [0.4, 0.5) is 37.7 Å². The van der Waals surface area contributed by atoms with Crippen LogP contribution >= 0.6 is 15.9 Å². The highest BCUT2D eigenvalue weighted by Gasteiger charge is 2.71. The maximum atomic E-state index is 14.8. The summed E-state index contributed by atoms with van der Waals surface area (Å²) in [7, 11) is 0. The van der Waals surface area contributed by atoms with Gasteiger partial charge in [-0.1, -0.05) is 36.4 Å². The van der Waals surface area contributed by atoms with Gasteiger partial charge in [0.2, 0.25) is 0 Å². The molecule has 0 spiro atoms. The summed E-state index contributed by atoms with van der Waals surface area (Å²) in [5, 5.41) is 5.16. The van der Waals surface area contributed by atoms with Crippen LogP contribution in [0.2, 0.25) is 0 Å². The van der Waals surface area contributed by atoms with Crippen molar-refractivity contribution in [1.82, 2.24) is 0 Å². The third-order valence-electron chi connectivity index (χ3n) is 5.37. The summed E-state index contributed by atoms with van der Waals surface area (Å²) in [6, 6.07) is 15.5. The van der Waals surface area contributed by atoms with Crippen LogP contribution in [-0.4, -0.2) is 22.8 Å². The van der Waals surface area contributed by atoms with Crippen LogP contribution in [0.3, 0.4) is 0 Å². The first kappa shape index (κ1) is 27.3. The lowest BCUT2D eigenvalue weighted by Gasteiger charge is -2.32. The molecule has 0 saturated heterocycles. The molecule has 1 atom stereocenters. The van der Waals surface area contributed by atoms with Gasteiger partial charge in [-0.3, -0.25) is 9.59 Å². The van der Waals surface area contributed by atoms with Crippen molar-refractivity contribution < 1.29 is 35.9 Å². The van der Waals surface area contributed by atoms with E-state index < -0.39 is 34.1 Å². The average molecular weight is 573 g/mol. The van der Waals surface area contributed by atoms with Gasteiger partial charge in [0.15, 0.2) is 0 Å². The van der Waals surface area contributed by atoms with E-state index in [4.69, 9.17) is 0 Å². The predicted molar refractivity (Wildman–Crippen MR) is 127 cm³/mol. The molecule has 0 fully saturated rings. The molecule has 0 aliphatic rings. The second-order valence-electron chi connectivity index (χ2n) is 7.99. The largest absolute Gasteiger partial charge is 0.433 e. The molecule has 0 aliphatic carbocycles. The van der Waals surface area contributed by atoms with E-state index in [1.54, 1.807) is 36.4 Å². The first-order valence-corrected chi connectivity index (χ1v) is 11.2. The van der Waals surface area contributed by atoms with Crippen molar-refractivity contribution in [3.05, 3.63) is 94.5 Å². The lowest BCUT2D eigenvalue weighted by molar-refractivity contribution is -0.282. The van der Waals surface area contributed by atoms with Gasteiger partial charge in [0.05, 0.1) is 0 Å². The Hall–Kier alpha value is -3.34. The van der Waals surface area contributed by atoms with Gasteiger partial charge in [0, 0.05) is 28.1 Å². The number of halogens is 7. The molecule has 1 unspecified atom stereocenters. The first-order valence-electron chi connectivity index (χ1n) is 10.4. The van der Waals surface area contributed by atoms with Crippen LogP contribution in [0.25, 0.3) is 0 Å². The van der Waals surface area contributed by atoms with Crippen molar-refractivity contribution in [2.75, 3.05) is 10.6 Å². The van der Waals surface area contributed by atoms with Crippen LogP contribution in [0.1, 0.15) is 37.4 Å². The highest BCUT2D eigenvalue weighted by Crippen LogP contribution is 2.55. The van der Waals surface area contributed by atoms with Gasteiger partial charge in [-0.25, -0.2) is 4.39 Å². The minimum absolute atomic E-state index is 0.0323. The Morgan fingerprint density at radius 3 is 1.78 bits per heavy atom. The van der Waals surface area contributed by atoms with Crippen LogP contribution in [-0.2, 0) is 5.67 Å². The van der Waals surface area contributed by atoms with E-state index in [9.17, 15) is 35.9 Å². The molecule has 0 aromatic heterocycles. The highest BCUT2D eigenvalue weighted by molar-refractivity contribution is 9.10. The Labute approximate surface area is 210 Å². The van der Waals surface area contributed by atoms with E-state index in [0.717, 1.165) is 0 Å². The van der Waals surface area contributed by atoms with Gasteiger partial charge in [-0.2, -0.15) is 22.0 Å². The quantitative estimate of drug-likeness (QED) is 0.237. The number of alkyl halides is 7. The van der Waals surface area contributed by atoms with Crippen molar-refractivity contribution in [2.45, 2.75) is 30.5 Å². The average Bonchev–Trinajstić information content (AvgIpc) is 2.79. The lowest BCUT2D eigenvalue weighted by atomic mass is 9.91. The summed E-state index contributed by atoms with van der Waals surface area (Å²) in [6.45, 7) is 2.51. The molecular weight excluding hydrogens is 554 g/mol. The molecule has 11 heteroatoms. The van der Waals surface area contributed by atoms with Crippen molar-refractivity contribution in [2.24, 2.45) is 0 Å². The third kappa shape index (κ3) is 5.40. The maximum Gasteiger partial charge on any atom is 0.433 e. The SMILES string of the molecule is Cc1cc(C(F)(C(F)(F)F)C(F)(F)Br)cc(C)c1NC(=O)c1cccc(NC(=O)c2ccccc2)c1. The van der Waals surface area contributed by atoms with Crippen molar-refractivity contribution >= 4 is 39.1 Å². The second-order valence-corrected chi connectivity index (χ2v) is 8.99. The number of amides is 2. The summed E-state index contributed by atoms with van der Waals surface area (Å²) >= 11 is 1.52. The fraction of sp³-hybridized carbons (Fsp3) is 0.200. The summed E-state index contributed by atoms with van der Waals surface area (Å²) in [5.74, 6) is -1.09. The molecule has 2 amide bonds. The van der Waals surface area contributed by atoms with Gasteiger partial charge in [-0.05, 0) is 71.2 Å². The lowest BCUT2D eigenvalue weighted by Crippen LogP contribution is -2.49. The number of nitrogens with one attached hydrogen (secondary N) is 2. The summed E-state index contributed by atoms with van der Waals surface area (Å²) < 4.78 is 82.2. The minimum atomic E-state index is -5.92. The van der Waals surface area contributed by atoms with Gasteiger partial charge >= 0.3 is 16.7 Å². The minimum Gasteiger partial charge on any atom is -0.322 e. The molecule has 3 aromatic rings. The van der Waals surface area contributed by atoms with Gasteiger partial charge in [0.25, 0.3) is 11.8 Å². The molecule has 36 heavy (non-hydrogen) atoms. The Balaban J connectivity index is 1.87. The monoisotopic (exact) mass is 572 g/mol.